The highest BCUT2D eigenvalue weighted by molar-refractivity contribution is 5.85. The quantitative estimate of drug-likeness (QED) is 0.782. The summed E-state index contributed by atoms with van der Waals surface area (Å²) in [6, 6.07) is 7.61. The Balaban J connectivity index is 1.75. The summed E-state index contributed by atoms with van der Waals surface area (Å²) in [6.45, 7) is 0.777. The minimum absolute atomic E-state index is 0.242. The standard InChI is InChI=1S/C17H21NO3/c1-2-13-21-15-7-5-14(6-8-15)9-12-18-16(19)17(20)10-3-4-11-17/h1,5-8,20H,3-4,9-13H2,(H,18,19). The average molecular weight is 287 g/mol. The number of hydrogen-bond acceptors (Lipinski definition) is 3. The van der Waals surface area contributed by atoms with Gasteiger partial charge in [-0.05, 0) is 49.8 Å². The minimum Gasteiger partial charge on any atom is -0.481 e. The summed E-state index contributed by atoms with van der Waals surface area (Å²) in [6.07, 6.45) is 8.82. The van der Waals surface area contributed by atoms with Crippen molar-refractivity contribution < 1.29 is 14.6 Å². The van der Waals surface area contributed by atoms with Crippen molar-refractivity contribution in [2.24, 2.45) is 0 Å². The van der Waals surface area contributed by atoms with E-state index < -0.39 is 5.60 Å². The van der Waals surface area contributed by atoms with Crippen LogP contribution in [0.1, 0.15) is 31.2 Å². The van der Waals surface area contributed by atoms with E-state index >= 15 is 0 Å². The Morgan fingerprint density at radius 1 is 1.33 bits per heavy atom. The zero-order valence-electron chi connectivity index (χ0n) is 12.1. The van der Waals surface area contributed by atoms with Crippen LogP contribution in [0.5, 0.6) is 5.75 Å². The van der Waals surface area contributed by atoms with E-state index in [0.717, 1.165) is 30.6 Å². The molecule has 0 aromatic heterocycles. The summed E-state index contributed by atoms with van der Waals surface area (Å²) >= 11 is 0. The molecule has 0 radical (unpaired) electrons. The van der Waals surface area contributed by atoms with Gasteiger partial charge in [-0.1, -0.05) is 18.1 Å². The molecule has 1 saturated carbocycles. The fourth-order valence-electron chi connectivity index (χ4n) is 2.55. The zero-order chi connectivity index (χ0) is 15.1. The Labute approximate surface area is 125 Å². The molecular weight excluding hydrogens is 266 g/mol. The van der Waals surface area contributed by atoms with Crippen molar-refractivity contribution in [3.05, 3.63) is 29.8 Å². The number of carbonyl (C=O) groups excluding carboxylic acids is 1. The van der Waals surface area contributed by atoms with Crippen molar-refractivity contribution in [2.75, 3.05) is 13.2 Å². The van der Waals surface area contributed by atoms with Crippen LogP contribution in [0.3, 0.4) is 0 Å². The monoisotopic (exact) mass is 287 g/mol. The number of hydrogen-bond donors (Lipinski definition) is 2. The maximum absolute atomic E-state index is 11.9. The van der Waals surface area contributed by atoms with Crippen LogP contribution in [-0.4, -0.2) is 29.8 Å². The van der Waals surface area contributed by atoms with Gasteiger partial charge in [0.1, 0.15) is 18.0 Å². The van der Waals surface area contributed by atoms with Crippen molar-refractivity contribution in [3.8, 4) is 18.1 Å². The lowest BCUT2D eigenvalue weighted by molar-refractivity contribution is -0.139. The maximum atomic E-state index is 11.9. The van der Waals surface area contributed by atoms with Gasteiger partial charge < -0.3 is 15.2 Å². The molecule has 0 unspecified atom stereocenters. The van der Waals surface area contributed by atoms with Gasteiger partial charge in [0.25, 0.3) is 5.91 Å². The summed E-state index contributed by atoms with van der Waals surface area (Å²) < 4.78 is 5.29. The van der Waals surface area contributed by atoms with Gasteiger partial charge in [0, 0.05) is 6.54 Å². The predicted octanol–water partition coefficient (Wildman–Crippen LogP) is 1.66. The van der Waals surface area contributed by atoms with E-state index in [1.807, 2.05) is 24.3 Å². The molecule has 1 amide bonds. The summed E-state index contributed by atoms with van der Waals surface area (Å²) in [4.78, 5) is 11.9. The molecule has 1 aliphatic carbocycles. The van der Waals surface area contributed by atoms with Gasteiger partial charge in [0.05, 0.1) is 0 Å². The topological polar surface area (TPSA) is 58.6 Å². The Kier molecular flexibility index (Phi) is 5.24. The lowest BCUT2D eigenvalue weighted by Crippen LogP contribution is -2.45. The fraction of sp³-hybridized carbons (Fsp3) is 0.471. The average Bonchev–Trinajstić information content (AvgIpc) is 2.94. The number of terminal acetylenes is 1. The first-order valence-corrected chi connectivity index (χ1v) is 7.30. The van der Waals surface area contributed by atoms with Crippen LogP contribution < -0.4 is 10.1 Å². The van der Waals surface area contributed by atoms with Crippen molar-refractivity contribution >= 4 is 5.91 Å². The summed E-state index contributed by atoms with van der Waals surface area (Å²) in [5.41, 5.74) is -0.0471. The van der Waals surface area contributed by atoms with Crippen molar-refractivity contribution in [1.82, 2.24) is 5.32 Å². The van der Waals surface area contributed by atoms with Crippen molar-refractivity contribution in [1.29, 1.82) is 0 Å². The second kappa shape index (κ2) is 7.14. The summed E-state index contributed by atoms with van der Waals surface area (Å²) in [5, 5.41) is 12.9. The number of carbonyl (C=O) groups is 1. The zero-order valence-corrected chi connectivity index (χ0v) is 12.1. The number of nitrogens with one attached hydrogen (secondary N) is 1. The molecule has 0 atom stereocenters. The summed E-state index contributed by atoms with van der Waals surface area (Å²) in [5.74, 6) is 2.91. The minimum atomic E-state index is -1.15. The summed E-state index contributed by atoms with van der Waals surface area (Å²) in [7, 11) is 0. The number of amides is 1. The molecule has 0 heterocycles. The third-order valence-electron chi connectivity index (χ3n) is 3.80. The molecule has 0 spiro atoms. The molecule has 4 nitrogen and oxygen atoms in total. The largest absolute Gasteiger partial charge is 0.481 e. The molecule has 1 aromatic carbocycles. The third kappa shape index (κ3) is 4.24. The molecular formula is C17H21NO3. The molecule has 2 N–H and O–H groups in total. The molecule has 0 bridgehead atoms. The highest BCUT2D eigenvalue weighted by atomic mass is 16.5. The first-order valence-electron chi connectivity index (χ1n) is 7.30. The first-order chi connectivity index (χ1) is 10.1. The van der Waals surface area contributed by atoms with Gasteiger partial charge >= 0.3 is 0 Å². The van der Waals surface area contributed by atoms with Crippen LogP contribution in [0.15, 0.2) is 24.3 Å². The SMILES string of the molecule is C#CCOc1ccc(CCNC(=O)C2(O)CCCC2)cc1. The van der Waals surface area contributed by atoms with E-state index in [1.54, 1.807) is 0 Å². The van der Waals surface area contributed by atoms with Crippen LogP contribution in [0.2, 0.25) is 0 Å². The van der Waals surface area contributed by atoms with Crippen LogP contribution in [0, 0.1) is 12.3 Å². The van der Waals surface area contributed by atoms with Crippen LogP contribution in [0.4, 0.5) is 0 Å². The van der Waals surface area contributed by atoms with E-state index in [9.17, 15) is 9.90 Å². The van der Waals surface area contributed by atoms with Crippen molar-refractivity contribution in [3.63, 3.8) is 0 Å². The Morgan fingerprint density at radius 3 is 2.62 bits per heavy atom. The van der Waals surface area contributed by atoms with Gasteiger partial charge in [-0.2, -0.15) is 0 Å². The molecule has 1 fully saturated rings. The second-order valence-electron chi connectivity index (χ2n) is 5.38. The number of rotatable bonds is 6. The normalized spacial score (nSPS) is 16.2. The molecule has 0 saturated heterocycles. The number of benzene rings is 1. The Bertz CT molecular complexity index is 510. The van der Waals surface area contributed by atoms with Gasteiger partial charge in [-0.3, -0.25) is 4.79 Å². The van der Waals surface area contributed by atoms with E-state index in [2.05, 4.69) is 11.2 Å². The van der Waals surface area contributed by atoms with E-state index in [4.69, 9.17) is 11.2 Å². The van der Waals surface area contributed by atoms with Gasteiger partial charge in [0.2, 0.25) is 0 Å². The van der Waals surface area contributed by atoms with Crippen molar-refractivity contribution in [2.45, 2.75) is 37.7 Å². The Hall–Kier alpha value is -1.99. The first kappa shape index (κ1) is 15.4. The third-order valence-corrected chi connectivity index (χ3v) is 3.80. The molecule has 2 rings (SSSR count). The smallest absolute Gasteiger partial charge is 0.251 e. The van der Waals surface area contributed by atoms with Crippen LogP contribution >= 0.6 is 0 Å². The highest BCUT2D eigenvalue weighted by Gasteiger charge is 2.38. The van der Waals surface area contributed by atoms with Gasteiger partial charge in [-0.15, -0.1) is 6.42 Å². The van der Waals surface area contributed by atoms with Crippen LogP contribution in [0.25, 0.3) is 0 Å². The molecule has 1 aliphatic rings. The van der Waals surface area contributed by atoms with E-state index in [0.29, 0.717) is 19.4 Å². The Morgan fingerprint density at radius 2 is 2.00 bits per heavy atom. The number of ether oxygens (including phenoxy) is 1. The second-order valence-corrected chi connectivity index (χ2v) is 5.38. The molecule has 21 heavy (non-hydrogen) atoms. The fourth-order valence-corrected chi connectivity index (χ4v) is 2.55. The van der Waals surface area contributed by atoms with E-state index in [1.165, 1.54) is 0 Å². The molecule has 4 heteroatoms. The van der Waals surface area contributed by atoms with Gasteiger partial charge in [0.15, 0.2) is 0 Å². The van der Waals surface area contributed by atoms with Crippen LogP contribution in [-0.2, 0) is 11.2 Å². The maximum Gasteiger partial charge on any atom is 0.251 e. The van der Waals surface area contributed by atoms with E-state index in [-0.39, 0.29) is 12.5 Å². The number of aliphatic hydroxyl groups is 1. The van der Waals surface area contributed by atoms with Gasteiger partial charge in [-0.25, -0.2) is 0 Å². The highest BCUT2D eigenvalue weighted by Crippen LogP contribution is 2.29. The lowest BCUT2D eigenvalue weighted by Gasteiger charge is -2.20. The lowest BCUT2D eigenvalue weighted by atomic mass is 10.0. The molecule has 0 aliphatic heterocycles. The predicted molar refractivity (Wildman–Crippen MR) is 80.9 cm³/mol. The molecule has 112 valence electrons. The molecule has 1 aromatic rings.